The van der Waals surface area contributed by atoms with E-state index in [4.69, 9.17) is 21.1 Å². The van der Waals surface area contributed by atoms with Crippen LogP contribution in [-0.4, -0.2) is 31.4 Å². The van der Waals surface area contributed by atoms with Crippen LogP contribution in [0.1, 0.15) is 6.92 Å². The number of halogens is 1. The van der Waals surface area contributed by atoms with Crippen molar-refractivity contribution in [3.05, 3.63) is 53.6 Å². The fourth-order valence-electron chi connectivity index (χ4n) is 1.93. The number of nitrogens with one attached hydrogen (secondary N) is 1. The van der Waals surface area contributed by atoms with E-state index in [0.717, 1.165) is 16.4 Å². The van der Waals surface area contributed by atoms with Crippen molar-refractivity contribution >= 4 is 29.3 Å². The van der Waals surface area contributed by atoms with E-state index in [2.05, 4.69) is 5.32 Å². The second kappa shape index (κ2) is 9.45. The zero-order valence-corrected chi connectivity index (χ0v) is 15.2. The highest BCUT2D eigenvalue weighted by atomic mass is 35.5. The zero-order valence-electron chi connectivity index (χ0n) is 13.6. The van der Waals surface area contributed by atoms with Gasteiger partial charge in [0, 0.05) is 9.92 Å². The lowest BCUT2D eigenvalue weighted by molar-refractivity contribution is -0.120. The summed E-state index contributed by atoms with van der Waals surface area (Å²) in [5.74, 6) is 1.51. The molecule has 0 heterocycles. The highest BCUT2D eigenvalue weighted by Crippen LogP contribution is 2.24. The van der Waals surface area contributed by atoms with Gasteiger partial charge in [-0.25, -0.2) is 0 Å². The minimum atomic E-state index is -0.188. The van der Waals surface area contributed by atoms with E-state index in [9.17, 15) is 4.79 Å². The molecule has 4 nitrogen and oxygen atoms in total. The molecule has 0 saturated heterocycles. The summed E-state index contributed by atoms with van der Waals surface area (Å²) in [4.78, 5) is 13.1. The Labute approximate surface area is 151 Å². The maximum atomic E-state index is 12.1. The van der Waals surface area contributed by atoms with E-state index in [1.165, 1.54) is 11.8 Å². The fourth-order valence-corrected chi connectivity index (χ4v) is 2.95. The van der Waals surface area contributed by atoms with Gasteiger partial charge in [0.05, 0.1) is 18.9 Å². The molecule has 0 bridgehead atoms. The summed E-state index contributed by atoms with van der Waals surface area (Å²) in [7, 11) is 1.62. The van der Waals surface area contributed by atoms with Gasteiger partial charge in [-0.3, -0.25) is 4.79 Å². The van der Waals surface area contributed by atoms with Crippen LogP contribution in [0.2, 0.25) is 5.02 Å². The third-order valence-electron chi connectivity index (χ3n) is 3.23. The van der Waals surface area contributed by atoms with E-state index in [-0.39, 0.29) is 11.2 Å². The van der Waals surface area contributed by atoms with Crippen molar-refractivity contribution in [2.75, 3.05) is 20.3 Å². The number of carbonyl (C=O) groups excluding carboxylic acids is 1. The first-order chi connectivity index (χ1) is 11.6. The Bertz CT molecular complexity index is 646. The number of thioether (sulfide) groups is 1. The zero-order chi connectivity index (χ0) is 17.4. The molecule has 1 atom stereocenters. The average molecular weight is 366 g/mol. The van der Waals surface area contributed by atoms with Crippen LogP contribution in [0.15, 0.2) is 53.4 Å². The van der Waals surface area contributed by atoms with Gasteiger partial charge in [0.15, 0.2) is 0 Å². The van der Waals surface area contributed by atoms with Gasteiger partial charge in [0.2, 0.25) is 5.91 Å². The van der Waals surface area contributed by atoms with Crippen LogP contribution in [-0.2, 0) is 4.79 Å². The topological polar surface area (TPSA) is 47.6 Å². The summed E-state index contributed by atoms with van der Waals surface area (Å²) in [6.07, 6.45) is 0. The maximum Gasteiger partial charge on any atom is 0.233 e. The number of hydrogen-bond acceptors (Lipinski definition) is 4. The molecule has 0 fully saturated rings. The Morgan fingerprint density at radius 2 is 1.75 bits per heavy atom. The first kappa shape index (κ1) is 18.5. The predicted octanol–water partition coefficient (Wildman–Crippen LogP) is 4.02. The molecule has 128 valence electrons. The molecule has 0 aliphatic heterocycles. The molecule has 0 spiro atoms. The number of methoxy groups -OCH3 is 1. The number of rotatable bonds is 8. The summed E-state index contributed by atoms with van der Waals surface area (Å²) >= 11 is 7.35. The lowest BCUT2D eigenvalue weighted by Gasteiger charge is -2.12. The second-order valence-corrected chi connectivity index (χ2v) is 6.88. The molecule has 2 rings (SSSR count). The highest BCUT2D eigenvalue weighted by Gasteiger charge is 2.13. The Kier molecular flexibility index (Phi) is 7.28. The lowest BCUT2D eigenvalue weighted by atomic mass is 10.3. The maximum absolute atomic E-state index is 12.1. The quantitative estimate of drug-likeness (QED) is 0.567. The van der Waals surface area contributed by atoms with Crippen molar-refractivity contribution in [1.82, 2.24) is 5.32 Å². The van der Waals surface area contributed by atoms with Crippen LogP contribution >= 0.6 is 23.4 Å². The van der Waals surface area contributed by atoms with Crippen LogP contribution in [0.3, 0.4) is 0 Å². The SMILES string of the molecule is COc1ccc(OCCNC(=O)[C@@H](C)Sc2ccc(Cl)cc2)cc1. The number of hydrogen-bond donors (Lipinski definition) is 1. The van der Waals surface area contributed by atoms with Gasteiger partial charge in [0.1, 0.15) is 18.1 Å². The molecule has 1 N–H and O–H groups in total. The van der Waals surface area contributed by atoms with E-state index >= 15 is 0 Å². The minimum absolute atomic E-state index is 0.0201. The molecule has 0 unspecified atom stereocenters. The number of carbonyl (C=O) groups is 1. The van der Waals surface area contributed by atoms with Crippen molar-refractivity contribution in [3.8, 4) is 11.5 Å². The normalized spacial score (nSPS) is 11.6. The van der Waals surface area contributed by atoms with Gasteiger partial charge in [-0.15, -0.1) is 11.8 Å². The molecule has 2 aromatic rings. The van der Waals surface area contributed by atoms with E-state index in [1.807, 2.05) is 55.5 Å². The monoisotopic (exact) mass is 365 g/mol. The van der Waals surface area contributed by atoms with Gasteiger partial charge in [-0.1, -0.05) is 11.6 Å². The predicted molar refractivity (Wildman–Crippen MR) is 98.3 cm³/mol. The van der Waals surface area contributed by atoms with Crippen molar-refractivity contribution < 1.29 is 14.3 Å². The van der Waals surface area contributed by atoms with Crippen molar-refractivity contribution in [2.24, 2.45) is 0 Å². The third kappa shape index (κ3) is 5.98. The van der Waals surface area contributed by atoms with Crippen molar-refractivity contribution in [2.45, 2.75) is 17.1 Å². The molecule has 0 saturated carbocycles. The molecule has 0 radical (unpaired) electrons. The average Bonchev–Trinajstić information content (AvgIpc) is 2.61. The number of amides is 1. The summed E-state index contributed by atoms with van der Waals surface area (Å²) in [6.45, 7) is 2.74. The first-order valence-corrected chi connectivity index (χ1v) is 8.81. The van der Waals surface area contributed by atoms with Crippen LogP contribution in [0.4, 0.5) is 0 Å². The smallest absolute Gasteiger partial charge is 0.233 e. The Morgan fingerprint density at radius 1 is 1.12 bits per heavy atom. The van der Waals surface area contributed by atoms with Gasteiger partial charge in [0.25, 0.3) is 0 Å². The van der Waals surface area contributed by atoms with Gasteiger partial charge in [-0.2, -0.15) is 0 Å². The Morgan fingerprint density at radius 3 is 2.38 bits per heavy atom. The van der Waals surface area contributed by atoms with Crippen LogP contribution in [0.25, 0.3) is 0 Å². The highest BCUT2D eigenvalue weighted by molar-refractivity contribution is 8.00. The lowest BCUT2D eigenvalue weighted by Crippen LogP contribution is -2.33. The molecule has 2 aromatic carbocycles. The molecule has 0 aliphatic carbocycles. The van der Waals surface area contributed by atoms with E-state index in [0.29, 0.717) is 18.2 Å². The Balaban J connectivity index is 1.69. The largest absolute Gasteiger partial charge is 0.497 e. The van der Waals surface area contributed by atoms with Crippen LogP contribution in [0.5, 0.6) is 11.5 Å². The summed E-state index contributed by atoms with van der Waals surface area (Å²) in [5, 5.41) is 3.37. The van der Waals surface area contributed by atoms with E-state index in [1.54, 1.807) is 7.11 Å². The van der Waals surface area contributed by atoms with Gasteiger partial charge >= 0.3 is 0 Å². The summed E-state index contributed by atoms with van der Waals surface area (Å²) in [6, 6.07) is 14.8. The fraction of sp³-hybridized carbons (Fsp3) is 0.278. The molecule has 24 heavy (non-hydrogen) atoms. The first-order valence-electron chi connectivity index (χ1n) is 7.55. The molecular weight excluding hydrogens is 346 g/mol. The molecule has 0 aromatic heterocycles. The van der Waals surface area contributed by atoms with Gasteiger partial charge in [-0.05, 0) is 55.5 Å². The summed E-state index contributed by atoms with van der Waals surface area (Å²) < 4.78 is 10.7. The third-order valence-corrected chi connectivity index (χ3v) is 4.59. The number of ether oxygens (including phenoxy) is 2. The van der Waals surface area contributed by atoms with Gasteiger partial charge < -0.3 is 14.8 Å². The van der Waals surface area contributed by atoms with Crippen molar-refractivity contribution in [1.29, 1.82) is 0 Å². The van der Waals surface area contributed by atoms with Crippen LogP contribution < -0.4 is 14.8 Å². The standard InChI is InChI=1S/C18H20ClNO3S/c1-13(24-17-9-3-14(19)4-10-17)18(21)20-11-12-23-16-7-5-15(22-2)6-8-16/h3-10,13H,11-12H2,1-2H3,(H,20,21)/t13-/m1/s1. The number of benzene rings is 2. The second-order valence-electron chi connectivity index (χ2n) is 5.03. The van der Waals surface area contributed by atoms with Crippen LogP contribution in [0, 0.1) is 0 Å². The molecule has 6 heteroatoms. The Hall–Kier alpha value is -1.85. The molecule has 1 amide bonds. The molecular formula is C18H20ClNO3S. The van der Waals surface area contributed by atoms with E-state index < -0.39 is 0 Å². The van der Waals surface area contributed by atoms with Crippen molar-refractivity contribution in [3.63, 3.8) is 0 Å². The minimum Gasteiger partial charge on any atom is -0.497 e. The molecule has 0 aliphatic rings. The summed E-state index contributed by atoms with van der Waals surface area (Å²) in [5.41, 5.74) is 0.